The molecule has 2 unspecified atom stereocenters. The van der Waals surface area contributed by atoms with Gasteiger partial charge in [-0.3, -0.25) is 4.79 Å². The van der Waals surface area contributed by atoms with Gasteiger partial charge < -0.3 is 11.1 Å². The van der Waals surface area contributed by atoms with Gasteiger partial charge in [0.2, 0.25) is 5.91 Å². The molecule has 3 heteroatoms. The Morgan fingerprint density at radius 3 is 2.70 bits per heavy atom. The maximum atomic E-state index is 12.1. The minimum Gasteiger partial charge on any atom is -0.352 e. The summed E-state index contributed by atoms with van der Waals surface area (Å²) in [5.41, 5.74) is 7.25. The smallest absolute Gasteiger partial charge is 0.237 e. The molecule has 3 atom stereocenters. The fourth-order valence-corrected chi connectivity index (χ4v) is 2.92. The summed E-state index contributed by atoms with van der Waals surface area (Å²) in [6.07, 6.45) is 6.37. The molecule has 1 aliphatic carbocycles. The van der Waals surface area contributed by atoms with E-state index in [4.69, 9.17) is 5.73 Å². The highest BCUT2D eigenvalue weighted by Gasteiger charge is 2.24. The molecule has 1 saturated carbocycles. The average Bonchev–Trinajstić information content (AvgIpc) is 2.48. The van der Waals surface area contributed by atoms with Gasteiger partial charge in [0.15, 0.2) is 0 Å². The average molecular weight is 274 g/mol. The van der Waals surface area contributed by atoms with E-state index in [2.05, 4.69) is 24.4 Å². The summed E-state index contributed by atoms with van der Waals surface area (Å²) in [5.74, 6) is 0.591. The van der Waals surface area contributed by atoms with Crippen LogP contribution in [0.2, 0.25) is 0 Å². The van der Waals surface area contributed by atoms with Gasteiger partial charge in [0, 0.05) is 6.04 Å². The Hall–Kier alpha value is -1.35. The van der Waals surface area contributed by atoms with Crippen LogP contribution >= 0.6 is 0 Å². The molecule has 1 amide bonds. The normalized spacial score (nSPS) is 24.1. The van der Waals surface area contributed by atoms with Crippen LogP contribution in [-0.2, 0) is 11.2 Å². The van der Waals surface area contributed by atoms with Crippen molar-refractivity contribution in [3.63, 3.8) is 0 Å². The molecule has 3 N–H and O–H groups in total. The standard InChI is InChI=1S/C17H26N2O/c1-13-7-5-6-10-16(13)19-17(20)15(18)12-11-14-8-3-2-4-9-14/h2-4,8-9,13,15-16H,5-7,10-12,18H2,1H3,(H,19,20)/t13?,15-,16?/m0/s1. The van der Waals surface area contributed by atoms with Gasteiger partial charge in [-0.05, 0) is 37.2 Å². The van der Waals surface area contributed by atoms with Crippen LogP contribution in [-0.4, -0.2) is 18.0 Å². The number of hydrogen-bond donors (Lipinski definition) is 2. The number of benzene rings is 1. The molecule has 1 aromatic carbocycles. The molecule has 0 saturated heterocycles. The predicted octanol–water partition coefficient (Wildman–Crippen LogP) is 2.64. The van der Waals surface area contributed by atoms with E-state index < -0.39 is 6.04 Å². The van der Waals surface area contributed by atoms with Gasteiger partial charge >= 0.3 is 0 Å². The van der Waals surface area contributed by atoms with Gasteiger partial charge in [-0.1, -0.05) is 50.1 Å². The predicted molar refractivity (Wildman–Crippen MR) is 82.3 cm³/mol. The lowest BCUT2D eigenvalue weighted by atomic mass is 9.86. The van der Waals surface area contributed by atoms with Crippen LogP contribution in [0.5, 0.6) is 0 Å². The zero-order valence-electron chi connectivity index (χ0n) is 12.3. The molecule has 3 nitrogen and oxygen atoms in total. The van der Waals surface area contributed by atoms with Gasteiger partial charge in [-0.15, -0.1) is 0 Å². The van der Waals surface area contributed by atoms with Crippen molar-refractivity contribution in [3.05, 3.63) is 35.9 Å². The van der Waals surface area contributed by atoms with Gasteiger partial charge in [0.25, 0.3) is 0 Å². The Bertz CT molecular complexity index is 418. The SMILES string of the molecule is CC1CCCCC1NC(=O)[C@@H](N)CCc1ccccc1. The second-order valence-corrected chi connectivity index (χ2v) is 6.01. The topological polar surface area (TPSA) is 55.1 Å². The molecule has 2 rings (SSSR count). The largest absolute Gasteiger partial charge is 0.352 e. The van der Waals surface area contributed by atoms with E-state index in [0.29, 0.717) is 18.4 Å². The van der Waals surface area contributed by atoms with Crippen molar-refractivity contribution in [1.29, 1.82) is 0 Å². The van der Waals surface area contributed by atoms with E-state index in [-0.39, 0.29) is 5.91 Å². The van der Waals surface area contributed by atoms with Crippen LogP contribution in [0.4, 0.5) is 0 Å². The molecule has 1 aromatic rings. The van der Waals surface area contributed by atoms with Gasteiger partial charge in [-0.25, -0.2) is 0 Å². The maximum Gasteiger partial charge on any atom is 0.237 e. The summed E-state index contributed by atoms with van der Waals surface area (Å²) in [6, 6.07) is 10.1. The summed E-state index contributed by atoms with van der Waals surface area (Å²) in [7, 11) is 0. The third-order valence-corrected chi connectivity index (χ3v) is 4.36. The van der Waals surface area contributed by atoms with Crippen LogP contribution in [0.3, 0.4) is 0 Å². The molecular weight excluding hydrogens is 248 g/mol. The van der Waals surface area contributed by atoms with Crippen molar-refractivity contribution in [2.45, 2.75) is 57.5 Å². The van der Waals surface area contributed by atoms with Crippen LogP contribution in [0.1, 0.15) is 44.6 Å². The van der Waals surface area contributed by atoms with Crippen molar-refractivity contribution >= 4 is 5.91 Å². The Labute approximate surface area is 121 Å². The van der Waals surface area contributed by atoms with Crippen molar-refractivity contribution in [1.82, 2.24) is 5.32 Å². The number of carbonyl (C=O) groups is 1. The minimum absolute atomic E-state index is 0.0136. The number of hydrogen-bond acceptors (Lipinski definition) is 2. The van der Waals surface area contributed by atoms with Crippen LogP contribution in [0, 0.1) is 5.92 Å². The fraction of sp³-hybridized carbons (Fsp3) is 0.588. The molecule has 20 heavy (non-hydrogen) atoms. The summed E-state index contributed by atoms with van der Waals surface area (Å²) in [5, 5.41) is 3.14. The monoisotopic (exact) mass is 274 g/mol. The zero-order valence-corrected chi connectivity index (χ0v) is 12.3. The van der Waals surface area contributed by atoms with E-state index in [1.807, 2.05) is 18.2 Å². The van der Waals surface area contributed by atoms with Gasteiger partial charge in [-0.2, -0.15) is 0 Å². The highest BCUT2D eigenvalue weighted by atomic mass is 16.2. The molecule has 0 aromatic heterocycles. The summed E-state index contributed by atoms with van der Waals surface area (Å²) in [6.45, 7) is 2.22. The first-order chi connectivity index (χ1) is 9.66. The number of nitrogens with two attached hydrogens (primary N) is 1. The van der Waals surface area contributed by atoms with Gasteiger partial charge in [0.1, 0.15) is 0 Å². The second kappa shape index (κ2) is 7.44. The number of nitrogens with one attached hydrogen (secondary N) is 1. The van der Waals surface area contributed by atoms with Crippen molar-refractivity contribution < 1.29 is 4.79 Å². The Kier molecular flexibility index (Phi) is 5.60. The highest BCUT2D eigenvalue weighted by molar-refractivity contribution is 5.81. The minimum atomic E-state index is -0.399. The lowest BCUT2D eigenvalue weighted by Crippen LogP contribution is -2.48. The van der Waals surface area contributed by atoms with E-state index in [0.717, 1.165) is 12.8 Å². The summed E-state index contributed by atoms with van der Waals surface area (Å²) in [4.78, 5) is 12.1. The molecule has 0 radical (unpaired) electrons. The third-order valence-electron chi connectivity index (χ3n) is 4.36. The van der Waals surface area contributed by atoms with E-state index >= 15 is 0 Å². The Morgan fingerprint density at radius 2 is 2.00 bits per heavy atom. The number of carbonyl (C=O) groups excluding carboxylic acids is 1. The number of amides is 1. The summed E-state index contributed by atoms with van der Waals surface area (Å²) < 4.78 is 0. The Balaban J connectivity index is 1.77. The van der Waals surface area contributed by atoms with Crippen LogP contribution < -0.4 is 11.1 Å². The molecule has 1 fully saturated rings. The van der Waals surface area contributed by atoms with E-state index in [9.17, 15) is 4.79 Å². The molecule has 0 bridgehead atoms. The van der Waals surface area contributed by atoms with Crippen LogP contribution in [0.15, 0.2) is 30.3 Å². The van der Waals surface area contributed by atoms with E-state index in [1.54, 1.807) is 0 Å². The third kappa shape index (κ3) is 4.34. The first-order valence-corrected chi connectivity index (χ1v) is 7.76. The second-order valence-electron chi connectivity index (χ2n) is 6.01. The first-order valence-electron chi connectivity index (χ1n) is 7.76. The quantitative estimate of drug-likeness (QED) is 0.867. The molecular formula is C17H26N2O. The van der Waals surface area contributed by atoms with Crippen molar-refractivity contribution in [2.24, 2.45) is 11.7 Å². The van der Waals surface area contributed by atoms with Gasteiger partial charge in [0.05, 0.1) is 6.04 Å². The number of aryl methyl sites for hydroxylation is 1. The molecule has 1 aliphatic rings. The number of rotatable bonds is 5. The molecule has 0 aliphatic heterocycles. The maximum absolute atomic E-state index is 12.1. The van der Waals surface area contributed by atoms with E-state index in [1.165, 1.54) is 24.8 Å². The molecule has 0 spiro atoms. The van der Waals surface area contributed by atoms with Crippen LogP contribution in [0.25, 0.3) is 0 Å². The fourth-order valence-electron chi connectivity index (χ4n) is 2.92. The molecule has 110 valence electrons. The first kappa shape index (κ1) is 15.0. The molecule has 0 heterocycles. The lowest BCUT2D eigenvalue weighted by Gasteiger charge is -2.30. The van der Waals surface area contributed by atoms with Crippen molar-refractivity contribution in [3.8, 4) is 0 Å². The lowest BCUT2D eigenvalue weighted by molar-refractivity contribution is -0.123. The Morgan fingerprint density at radius 1 is 1.30 bits per heavy atom. The summed E-state index contributed by atoms with van der Waals surface area (Å²) >= 11 is 0. The van der Waals surface area contributed by atoms with Crippen molar-refractivity contribution in [2.75, 3.05) is 0 Å². The zero-order chi connectivity index (χ0) is 14.4. The highest BCUT2D eigenvalue weighted by Crippen LogP contribution is 2.23.